The lowest BCUT2D eigenvalue weighted by Crippen LogP contribution is -2.28. The number of aryl methyl sites for hydroxylation is 1. The molecular formula is C10H14ClNOS. The second kappa shape index (κ2) is 5.37. The first kappa shape index (κ1) is 11.5. The molecule has 1 aromatic heterocycles. The summed E-state index contributed by atoms with van der Waals surface area (Å²) in [4.78, 5) is 13.5. The van der Waals surface area contributed by atoms with E-state index in [-0.39, 0.29) is 5.91 Å². The van der Waals surface area contributed by atoms with E-state index in [9.17, 15) is 4.79 Å². The quantitative estimate of drug-likeness (QED) is 0.794. The van der Waals surface area contributed by atoms with Crippen LogP contribution in [0.25, 0.3) is 0 Å². The molecule has 78 valence electrons. The molecule has 0 saturated carbocycles. The van der Waals surface area contributed by atoms with Gasteiger partial charge < -0.3 is 5.32 Å². The largest absolute Gasteiger partial charge is 0.351 e. The average Bonchev–Trinajstić information content (AvgIpc) is 2.60. The number of thiophene rings is 1. The van der Waals surface area contributed by atoms with Gasteiger partial charge in [-0.2, -0.15) is 0 Å². The predicted molar refractivity (Wildman–Crippen MR) is 61.3 cm³/mol. The van der Waals surface area contributed by atoms with Gasteiger partial charge in [-0.15, -0.1) is 22.9 Å². The Kier molecular flexibility index (Phi) is 4.42. The first-order valence-corrected chi connectivity index (χ1v) is 5.89. The molecule has 4 heteroatoms. The van der Waals surface area contributed by atoms with Crippen molar-refractivity contribution in [2.45, 2.75) is 13.8 Å². The zero-order valence-corrected chi connectivity index (χ0v) is 9.91. The Morgan fingerprint density at radius 3 is 2.86 bits per heavy atom. The Morgan fingerprint density at radius 2 is 2.36 bits per heavy atom. The van der Waals surface area contributed by atoms with Gasteiger partial charge >= 0.3 is 0 Å². The molecule has 1 N–H and O–H groups in total. The number of rotatable bonds is 4. The molecule has 14 heavy (non-hydrogen) atoms. The summed E-state index contributed by atoms with van der Waals surface area (Å²) >= 11 is 7.15. The van der Waals surface area contributed by atoms with E-state index in [4.69, 9.17) is 11.6 Å². The highest BCUT2D eigenvalue weighted by molar-refractivity contribution is 7.13. The van der Waals surface area contributed by atoms with Crippen LogP contribution in [0.15, 0.2) is 12.1 Å². The van der Waals surface area contributed by atoms with E-state index in [0.717, 1.165) is 9.75 Å². The Balaban J connectivity index is 2.43. The molecule has 0 aliphatic heterocycles. The molecule has 1 rings (SSSR count). The maximum atomic E-state index is 11.5. The van der Waals surface area contributed by atoms with Crippen LogP contribution in [0, 0.1) is 12.8 Å². The van der Waals surface area contributed by atoms with E-state index in [2.05, 4.69) is 5.32 Å². The van der Waals surface area contributed by atoms with Crippen molar-refractivity contribution in [2.75, 3.05) is 12.4 Å². The van der Waals surface area contributed by atoms with Gasteiger partial charge in [-0.3, -0.25) is 4.79 Å². The van der Waals surface area contributed by atoms with Crippen LogP contribution in [-0.2, 0) is 0 Å². The van der Waals surface area contributed by atoms with Crippen LogP contribution in [0.3, 0.4) is 0 Å². The third-order valence-electron chi connectivity index (χ3n) is 1.84. The highest BCUT2D eigenvalue weighted by Crippen LogP contribution is 2.14. The fourth-order valence-corrected chi connectivity index (χ4v) is 1.86. The molecule has 1 amide bonds. The molecule has 0 aliphatic rings. The van der Waals surface area contributed by atoms with E-state index < -0.39 is 0 Å². The third-order valence-corrected chi connectivity index (χ3v) is 3.36. The van der Waals surface area contributed by atoms with Crippen molar-refractivity contribution in [1.29, 1.82) is 0 Å². The number of halogens is 1. The summed E-state index contributed by atoms with van der Waals surface area (Å²) in [7, 11) is 0. The SMILES string of the molecule is Cc1ccc(C(=O)NCC(C)CCl)s1. The standard InChI is InChI=1S/C10H14ClNOS/c1-7(5-11)6-12-10(13)9-4-3-8(2)14-9/h3-4,7H,5-6H2,1-2H3,(H,12,13). The van der Waals surface area contributed by atoms with Crippen LogP contribution >= 0.6 is 22.9 Å². The fraction of sp³-hybridized carbons (Fsp3) is 0.500. The van der Waals surface area contributed by atoms with Gasteiger partial charge in [0.25, 0.3) is 5.91 Å². The summed E-state index contributed by atoms with van der Waals surface area (Å²) in [5.41, 5.74) is 0. The highest BCUT2D eigenvalue weighted by atomic mass is 35.5. The van der Waals surface area contributed by atoms with Gasteiger partial charge in [-0.25, -0.2) is 0 Å². The van der Waals surface area contributed by atoms with Crippen molar-refractivity contribution in [3.05, 3.63) is 21.9 Å². The van der Waals surface area contributed by atoms with Crippen LogP contribution < -0.4 is 5.32 Å². The van der Waals surface area contributed by atoms with Gasteiger partial charge in [-0.1, -0.05) is 6.92 Å². The van der Waals surface area contributed by atoms with E-state index in [0.29, 0.717) is 18.3 Å². The summed E-state index contributed by atoms with van der Waals surface area (Å²) in [5, 5.41) is 2.85. The Morgan fingerprint density at radius 1 is 1.64 bits per heavy atom. The number of hydrogen-bond donors (Lipinski definition) is 1. The highest BCUT2D eigenvalue weighted by Gasteiger charge is 2.08. The molecule has 1 aromatic rings. The van der Waals surface area contributed by atoms with Crippen LogP contribution in [0.1, 0.15) is 21.5 Å². The lowest BCUT2D eigenvalue weighted by molar-refractivity contribution is 0.0953. The first-order valence-electron chi connectivity index (χ1n) is 4.54. The lowest BCUT2D eigenvalue weighted by atomic mass is 10.2. The number of nitrogens with one attached hydrogen (secondary N) is 1. The number of alkyl halides is 1. The third kappa shape index (κ3) is 3.31. The first-order chi connectivity index (χ1) is 6.63. The topological polar surface area (TPSA) is 29.1 Å². The zero-order valence-electron chi connectivity index (χ0n) is 8.34. The van der Waals surface area contributed by atoms with Gasteiger partial charge in [-0.05, 0) is 25.0 Å². The normalized spacial score (nSPS) is 12.5. The van der Waals surface area contributed by atoms with E-state index in [1.807, 2.05) is 26.0 Å². The van der Waals surface area contributed by atoms with Crippen LogP contribution in [0.4, 0.5) is 0 Å². The van der Waals surface area contributed by atoms with Crippen molar-refractivity contribution >= 4 is 28.8 Å². The second-order valence-corrected chi connectivity index (χ2v) is 4.98. The van der Waals surface area contributed by atoms with Crippen molar-refractivity contribution in [2.24, 2.45) is 5.92 Å². The summed E-state index contributed by atoms with van der Waals surface area (Å²) in [6.07, 6.45) is 0. The molecule has 0 aromatic carbocycles. The minimum absolute atomic E-state index is 0.0000617. The van der Waals surface area contributed by atoms with Crippen molar-refractivity contribution in [3.8, 4) is 0 Å². The zero-order chi connectivity index (χ0) is 10.6. The smallest absolute Gasteiger partial charge is 0.261 e. The molecule has 0 bridgehead atoms. The number of amides is 1. The Labute approximate surface area is 93.3 Å². The van der Waals surface area contributed by atoms with Crippen molar-refractivity contribution in [3.63, 3.8) is 0 Å². The Hall–Kier alpha value is -0.540. The molecule has 1 atom stereocenters. The average molecular weight is 232 g/mol. The minimum Gasteiger partial charge on any atom is -0.351 e. The number of hydrogen-bond acceptors (Lipinski definition) is 2. The molecule has 0 radical (unpaired) electrons. The van der Waals surface area contributed by atoms with Crippen LogP contribution in [-0.4, -0.2) is 18.3 Å². The molecule has 0 spiro atoms. The maximum Gasteiger partial charge on any atom is 0.261 e. The molecule has 0 saturated heterocycles. The van der Waals surface area contributed by atoms with Crippen LogP contribution in [0.2, 0.25) is 0 Å². The van der Waals surface area contributed by atoms with E-state index >= 15 is 0 Å². The molecular weight excluding hydrogens is 218 g/mol. The van der Waals surface area contributed by atoms with Gasteiger partial charge in [0.1, 0.15) is 0 Å². The predicted octanol–water partition coefficient (Wildman–Crippen LogP) is 2.66. The van der Waals surface area contributed by atoms with Crippen molar-refractivity contribution < 1.29 is 4.79 Å². The molecule has 2 nitrogen and oxygen atoms in total. The Bertz CT molecular complexity index is 311. The molecule has 0 aliphatic carbocycles. The molecule has 1 heterocycles. The summed E-state index contributed by atoms with van der Waals surface area (Å²) in [5.74, 6) is 0.894. The van der Waals surface area contributed by atoms with E-state index in [1.165, 1.54) is 11.3 Å². The lowest BCUT2D eigenvalue weighted by Gasteiger charge is -2.07. The monoisotopic (exact) mass is 231 g/mol. The summed E-state index contributed by atoms with van der Waals surface area (Å²) < 4.78 is 0. The fourth-order valence-electron chi connectivity index (χ4n) is 0.965. The van der Waals surface area contributed by atoms with Gasteiger partial charge in [0, 0.05) is 17.3 Å². The summed E-state index contributed by atoms with van der Waals surface area (Å²) in [6, 6.07) is 3.80. The molecule has 1 unspecified atom stereocenters. The van der Waals surface area contributed by atoms with Crippen molar-refractivity contribution in [1.82, 2.24) is 5.32 Å². The van der Waals surface area contributed by atoms with Gasteiger partial charge in [0.15, 0.2) is 0 Å². The minimum atomic E-state index is 0.0000617. The maximum absolute atomic E-state index is 11.5. The van der Waals surface area contributed by atoms with E-state index in [1.54, 1.807) is 0 Å². The summed E-state index contributed by atoms with van der Waals surface area (Å²) in [6.45, 7) is 4.63. The molecule has 0 fully saturated rings. The van der Waals surface area contributed by atoms with Gasteiger partial charge in [0.05, 0.1) is 4.88 Å². The number of carbonyl (C=O) groups excluding carboxylic acids is 1. The number of carbonyl (C=O) groups is 1. The second-order valence-electron chi connectivity index (χ2n) is 3.38. The van der Waals surface area contributed by atoms with Gasteiger partial charge in [0.2, 0.25) is 0 Å². The van der Waals surface area contributed by atoms with Crippen LogP contribution in [0.5, 0.6) is 0 Å².